The van der Waals surface area contributed by atoms with Crippen molar-refractivity contribution in [3.63, 3.8) is 0 Å². The number of aromatic nitrogens is 1. The Balaban J connectivity index is 1.86. The van der Waals surface area contributed by atoms with Crippen molar-refractivity contribution in [2.75, 3.05) is 4.90 Å². The summed E-state index contributed by atoms with van der Waals surface area (Å²) in [6.07, 6.45) is 0. The minimum Gasteiger partial charge on any atom is -0.268 e. The SMILES string of the molecule is Cc1nc(-c2ccccc2)cc2c1C(=O)N(c1ccccc1)C2=O. The summed E-state index contributed by atoms with van der Waals surface area (Å²) < 4.78 is 0. The van der Waals surface area contributed by atoms with Crippen LogP contribution in [0.2, 0.25) is 0 Å². The van der Waals surface area contributed by atoms with E-state index in [1.54, 1.807) is 37.3 Å². The van der Waals surface area contributed by atoms with Crippen molar-refractivity contribution in [2.24, 2.45) is 0 Å². The summed E-state index contributed by atoms with van der Waals surface area (Å²) in [5.41, 5.74) is 3.57. The van der Waals surface area contributed by atoms with Gasteiger partial charge in [0.15, 0.2) is 0 Å². The maximum atomic E-state index is 12.8. The zero-order valence-corrected chi connectivity index (χ0v) is 13.1. The molecular weight excluding hydrogens is 300 g/mol. The van der Waals surface area contributed by atoms with Crippen LogP contribution in [-0.4, -0.2) is 16.8 Å². The number of carbonyl (C=O) groups excluding carboxylic acids is 2. The van der Waals surface area contributed by atoms with Crippen LogP contribution in [0.4, 0.5) is 5.69 Å². The van der Waals surface area contributed by atoms with Gasteiger partial charge in [-0.15, -0.1) is 0 Å². The highest BCUT2D eigenvalue weighted by atomic mass is 16.2. The second kappa shape index (κ2) is 5.42. The highest BCUT2D eigenvalue weighted by molar-refractivity contribution is 6.35. The largest absolute Gasteiger partial charge is 0.268 e. The van der Waals surface area contributed by atoms with Crippen LogP contribution in [-0.2, 0) is 0 Å². The average Bonchev–Trinajstić information content (AvgIpc) is 2.87. The number of rotatable bonds is 2. The Morgan fingerprint density at radius 1 is 0.833 bits per heavy atom. The molecule has 0 radical (unpaired) electrons. The van der Waals surface area contributed by atoms with E-state index in [2.05, 4.69) is 4.98 Å². The van der Waals surface area contributed by atoms with Crippen LogP contribution in [0.1, 0.15) is 26.4 Å². The smallest absolute Gasteiger partial charge is 0.267 e. The number of fused-ring (bicyclic) bond motifs is 1. The van der Waals surface area contributed by atoms with Gasteiger partial charge in [-0.05, 0) is 25.1 Å². The van der Waals surface area contributed by atoms with E-state index >= 15 is 0 Å². The predicted molar refractivity (Wildman–Crippen MR) is 92.0 cm³/mol. The maximum Gasteiger partial charge on any atom is 0.267 e. The molecule has 24 heavy (non-hydrogen) atoms. The number of aryl methyl sites for hydroxylation is 1. The summed E-state index contributed by atoms with van der Waals surface area (Å²) >= 11 is 0. The fourth-order valence-electron chi connectivity index (χ4n) is 3.00. The summed E-state index contributed by atoms with van der Waals surface area (Å²) in [6.45, 7) is 1.77. The van der Waals surface area contributed by atoms with Crippen LogP contribution in [0.15, 0.2) is 66.7 Å². The number of nitrogens with zero attached hydrogens (tertiary/aromatic N) is 2. The second-order valence-electron chi connectivity index (χ2n) is 5.66. The summed E-state index contributed by atoms with van der Waals surface area (Å²) in [4.78, 5) is 31.3. The molecule has 0 N–H and O–H groups in total. The lowest BCUT2D eigenvalue weighted by atomic mass is 10.0. The molecule has 1 aromatic heterocycles. The standard InChI is InChI=1S/C20H14N2O2/c1-13-18-16(12-17(21-13)14-8-4-2-5-9-14)19(23)22(20(18)24)15-10-6-3-7-11-15/h2-12H,1H3. The molecule has 0 fully saturated rings. The van der Waals surface area contributed by atoms with Crippen LogP contribution < -0.4 is 4.90 Å². The Labute approximate surface area is 139 Å². The highest BCUT2D eigenvalue weighted by Gasteiger charge is 2.38. The van der Waals surface area contributed by atoms with Crippen molar-refractivity contribution in [3.05, 3.63) is 83.6 Å². The van der Waals surface area contributed by atoms with Gasteiger partial charge in [-0.25, -0.2) is 4.90 Å². The summed E-state index contributed by atoms with van der Waals surface area (Å²) in [5, 5.41) is 0. The monoisotopic (exact) mass is 314 g/mol. The Morgan fingerprint density at radius 3 is 2.12 bits per heavy atom. The number of para-hydroxylation sites is 1. The number of hydrogen-bond donors (Lipinski definition) is 0. The first-order valence-corrected chi connectivity index (χ1v) is 7.67. The minimum absolute atomic E-state index is 0.302. The van der Waals surface area contributed by atoms with Crippen LogP contribution in [0.3, 0.4) is 0 Å². The molecule has 4 nitrogen and oxygen atoms in total. The zero-order valence-electron chi connectivity index (χ0n) is 13.1. The minimum atomic E-state index is -0.314. The third kappa shape index (κ3) is 2.12. The van der Waals surface area contributed by atoms with Crippen LogP contribution >= 0.6 is 0 Å². The van der Waals surface area contributed by atoms with Gasteiger partial charge in [0.2, 0.25) is 0 Å². The molecule has 116 valence electrons. The fourth-order valence-corrected chi connectivity index (χ4v) is 3.00. The molecule has 0 spiro atoms. The van der Waals surface area contributed by atoms with Gasteiger partial charge in [0.25, 0.3) is 11.8 Å². The molecule has 2 amide bonds. The van der Waals surface area contributed by atoms with E-state index in [9.17, 15) is 9.59 Å². The predicted octanol–water partition coefficient (Wildman–Crippen LogP) is 3.86. The molecule has 0 bridgehead atoms. The van der Waals surface area contributed by atoms with Crippen molar-refractivity contribution in [2.45, 2.75) is 6.92 Å². The van der Waals surface area contributed by atoms with Gasteiger partial charge in [-0.3, -0.25) is 14.6 Å². The van der Waals surface area contributed by atoms with Gasteiger partial charge in [-0.2, -0.15) is 0 Å². The Kier molecular flexibility index (Phi) is 3.24. The number of carbonyl (C=O) groups is 2. The molecule has 0 atom stereocenters. The summed E-state index contributed by atoms with van der Waals surface area (Å²) in [6, 6.07) is 20.3. The summed E-state index contributed by atoms with van der Waals surface area (Å²) in [7, 11) is 0. The van der Waals surface area contributed by atoms with E-state index in [1.165, 1.54) is 4.90 Å². The van der Waals surface area contributed by atoms with Crippen LogP contribution in [0, 0.1) is 6.92 Å². The Bertz CT molecular complexity index is 950. The molecule has 4 rings (SSSR count). The van der Waals surface area contributed by atoms with E-state index in [0.717, 1.165) is 5.56 Å². The van der Waals surface area contributed by atoms with Gasteiger partial charge in [0, 0.05) is 5.56 Å². The van der Waals surface area contributed by atoms with Crippen molar-refractivity contribution >= 4 is 17.5 Å². The van der Waals surface area contributed by atoms with Crippen molar-refractivity contribution in [3.8, 4) is 11.3 Å². The molecule has 0 saturated heterocycles. The number of anilines is 1. The molecular formula is C20H14N2O2. The van der Waals surface area contributed by atoms with E-state index < -0.39 is 0 Å². The van der Waals surface area contributed by atoms with E-state index in [4.69, 9.17) is 0 Å². The first-order valence-electron chi connectivity index (χ1n) is 7.67. The first kappa shape index (κ1) is 14.3. The average molecular weight is 314 g/mol. The number of amides is 2. The number of hydrogen-bond acceptors (Lipinski definition) is 3. The van der Waals surface area contributed by atoms with E-state index in [1.807, 2.05) is 36.4 Å². The number of pyridine rings is 1. The van der Waals surface area contributed by atoms with Gasteiger partial charge in [0.05, 0.1) is 28.2 Å². The molecule has 1 aliphatic rings. The molecule has 1 aliphatic heterocycles. The lowest BCUT2D eigenvalue weighted by molar-refractivity contribution is 0.0926. The Hall–Kier alpha value is -3.27. The van der Waals surface area contributed by atoms with Crippen molar-refractivity contribution < 1.29 is 9.59 Å². The van der Waals surface area contributed by atoms with Gasteiger partial charge in [-0.1, -0.05) is 48.5 Å². The molecule has 0 aliphatic carbocycles. The number of imide groups is 1. The zero-order chi connectivity index (χ0) is 16.7. The van der Waals surface area contributed by atoms with Crippen LogP contribution in [0.25, 0.3) is 11.3 Å². The van der Waals surface area contributed by atoms with E-state index in [-0.39, 0.29) is 11.8 Å². The topological polar surface area (TPSA) is 50.3 Å². The quantitative estimate of drug-likeness (QED) is 0.675. The first-order chi connectivity index (χ1) is 11.7. The lowest BCUT2D eigenvalue weighted by Gasteiger charge is -2.13. The Morgan fingerprint density at radius 2 is 1.46 bits per heavy atom. The highest BCUT2D eigenvalue weighted by Crippen LogP contribution is 2.32. The molecule has 4 heteroatoms. The third-order valence-corrected chi connectivity index (χ3v) is 4.13. The van der Waals surface area contributed by atoms with Gasteiger partial charge in [0.1, 0.15) is 0 Å². The number of benzene rings is 2. The third-order valence-electron chi connectivity index (χ3n) is 4.13. The molecule has 0 saturated carbocycles. The van der Waals surface area contributed by atoms with Crippen LogP contribution in [0.5, 0.6) is 0 Å². The molecule has 2 aromatic carbocycles. The summed E-state index contributed by atoms with van der Waals surface area (Å²) in [5.74, 6) is -0.616. The normalized spacial score (nSPS) is 13.3. The van der Waals surface area contributed by atoms with Gasteiger partial charge < -0.3 is 0 Å². The maximum absolute atomic E-state index is 12.8. The molecule has 2 heterocycles. The van der Waals surface area contributed by atoms with E-state index in [0.29, 0.717) is 28.2 Å². The fraction of sp³-hybridized carbons (Fsp3) is 0.0500. The van der Waals surface area contributed by atoms with Crippen molar-refractivity contribution in [1.29, 1.82) is 0 Å². The lowest BCUT2D eigenvalue weighted by Crippen LogP contribution is -2.29. The molecule has 3 aromatic rings. The van der Waals surface area contributed by atoms with Crippen molar-refractivity contribution in [1.82, 2.24) is 4.98 Å². The molecule has 0 unspecified atom stereocenters. The second-order valence-corrected chi connectivity index (χ2v) is 5.66. The van der Waals surface area contributed by atoms with Gasteiger partial charge >= 0.3 is 0 Å².